The monoisotopic (exact) mass is 415 g/mol. The van der Waals surface area contributed by atoms with Crippen LogP contribution in [0, 0.1) is 11.8 Å². The smallest absolute Gasteiger partial charge is 0.258 e. The Bertz CT molecular complexity index is 1070. The van der Waals surface area contributed by atoms with E-state index in [2.05, 4.69) is 24.3 Å². The van der Waals surface area contributed by atoms with Gasteiger partial charge in [0.15, 0.2) is 0 Å². The average molecular weight is 416 g/mol. The number of imide groups is 1. The molecule has 1 heterocycles. The van der Waals surface area contributed by atoms with Gasteiger partial charge in [-0.05, 0) is 39.9 Å². The van der Waals surface area contributed by atoms with Crippen molar-refractivity contribution in [1.82, 2.24) is 5.06 Å². The summed E-state index contributed by atoms with van der Waals surface area (Å²) in [6.07, 6.45) is 0. The van der Waals surface area contributed by atoms with E-state index >= 15 is 0 Å². The molecule has 1 aliphatic heterocycles. The highest BCUT2D eigenvalue weighted by molar-refractivity contribution is 6.30. The van der Waals surface area contributed by atoms with Crippen LogP contribution in [-0.2, 0) is 21.0 Å². The van der Waals surface area contributed by atoms with Crippen LogP contribution in [0.15, 0.2) is 72.8 Å². The Balaban J connectivity index is 1.39. The summed E-state index contributed by atoms with van der Waals surface area (Å²) in [5, 5.41) is 1.65. The van der Waals surface area contributed by atoms with Gasteiger partial charge in [0, 0.05) is 16.9 Å². The lowest BCUT2D eigenvalue weighted by molar-refractivity contribution is -0.193. The number of carbonyl (C=O) groups is 2. The van der Waals surface area contributed by atoms with Gasteiger partial charge in [0.05, 0.1) is 11.8 Å². The molecular weight excluding hydrogens is 398 g/mol. The van der Waals surface area contributed by atoms with E-state index < -0.39 is 11.8 Å². The van der Waals surface area contributed by atoms with Gasteiger partial charge in [0.1, 0.15) is 6.61 Å². The first-order valence-corrected chi connectivity index (χ1v) is 10.5. The van der Waals surface area contributed by atoms with E-state index in [4.69, 9.17) is 16.4 Å². The molecule has 0 saturated carbocycles. The molecule has 1 fully saturated rings. The maximum atomic E-state index is 13.4. The maximum absolute atomic E-state index is 13.4. The van der Waals surface area contributed by atoms with E-state index in [1.54, 1.807) is 12.1 Å². The SMILES string of the molecule is O=C1[C@H]2C3c4ccccc4C(c4ccccc43)[C@@H]2C(=O)N1OCc1ccc(Cl)cc1. The number of halogens is 1. The summed E-state index contributed by atoms with van der Waals surface area (Å²) in [6, 6.07) is 23.6. The fourth-order valence-electron chi connectivity index (χ4n) is 5.50. The van der Waals surface area contributed by atoms with Crippen molar-refractivity contribution in [1.29, 1.82) is 0 Å². The third kappa shape index (κ3) is 2.38. The number of hydrogen-bond acceptors (Lipinski definition) is 3. The molecule has 1 saturated heterocycles. The zero-order valence-corrected chi connectivity index (χ0v) is 16.8. The number of benzene rings is 3. The summed E-state index contributed by atoms with van der Waals surface area (Å²) >= 11 is 5.94. The van der Waals surface area contributed by atoms with Crippen LogP contribution in [0.5, 0.6) is 0 Å². The molecule has 4 aliphatic rings. The van der Waals surface area contributed by atoms with E-state index in [0.29, 0.717) is 5.02 Å². The normalized spacial score (nSPS) is 25.8. The molecule has 4 nitrogen and oxygen atoms in total. The molecule has 2 atom stereocenters. The molecule has 3 aromatic rings. The van der Waals surface area contributed by atoms with Gasteiger partial charge in [0.2, 0.25) is 0 Å². The van der Waals surface area contributed by atoms with Crippen molar-refractivity contribution in [3.05, 3.63) is 106 Å². The van der Waals surface area contributed by atoms with Crippen molar-refractivity contribution < 1.29 is 14.4 Å². The van der Waals surface area contributed by atoms with E-state index in [1.807, 2.05) is 36.4 Å². The van der Waals surface area contributed by atoms with E-state index in [-0.39, 0.29) is 30.3 Å². The molecule has 148 valence electrons. The highest BCUT2D eigenvalue weighted by Gasteiger charge is 2.62. The van der Waals surface area contributed by atoms with Crippen LogP contribution in [0.25, 0.3) is 0 Å². The third-order valence-corrected chi connectivity index (χ3v) is 6.93. The predicted molar refractivity (Wildman–Crippen MR) is 112 cm³/mol. The summed E-state index contributed by atoms with van der Waals surface area (Å²) in [5.41, 5.74) is 5.47. The third-order valence-electron chi connectivity index (χ3n) is 6.68. The molecule has 2 bridgehead atoms. The summed E-state index contributed by atoms with van der Waals surface area (Å²) < 4.78 is 0. The van der Waals surface area contributed by atoms with Crippen LogP contribution in [0.3, 0.4) is 0 Å². The molecule has 0 N–H and O–H groups in total. The number of hydroxylamine groups is 2. The van der Waals surface area contributed by atoms with Gasteiger partial charge in [0.25, 0.3) is 11.8 Å². The second-order valence-electron chi connectivity index (χ2n) is 8.14. The van der Waals surface area contributed by atoms with E-state index in [9.17, 15) is 9.59 Å². The highest BCUT2D eigenvalue weighted by atomic mass is 35.5. The first-order valence-electron chi connectivity index (χ1n) is 10.1. The average Bonchev–Trinajstić information content (AvgIpc) is 3.04. The minimum absolute atomic E-state index is 0.118. The summed E-state index contributed by atoms with van der Waals surface area (Å²) in [7, 11) is 0. The second kappa shape index (κ2) is 6.53. The van der Waals surface area contributed by atoms with Crippen LogP contribution in [0.4, 0.5) is 0 Å². The Morgan fingerprint density at radius 3 is 1.57 bits per heavy atom. The maximum Gasteiger partial charge on any atom is 0.258 e. The first kappa shape index (κ1) is 17.9. The summed E-state index contributed by atoms with van der Waals surface area (Å²) in [6.45, 7) is 0.142. The molecule has 7 rings (SSSR count). The van der Waals surface area contributed by atoms with Crippen LogP contribution in [0.1, 0.15) is 39.7 Å². The fourth-order valence-corrected chi connectivity index (χ4v) is 5.62. The molecule has 0 aromatic heterocycles. The number of carbonyl (C=O) groups excluding carboxylic acids is 2. The van der Waals surface area contributed by atoms with Gasteiger partial charge in [-0.15, -0.1) is 0 Å². The van der Waals surface area contributed by atoms with Gasteiger partial charge in [-0.2, -0.15) is 5.06 Å². The van der Waals surface area contributed by atoms with Crippen molar-refractivity contribution >= 4 is 23.4 Å². The van der Waals surface area contributed by atoms with Crippen molar-refractivity contribution in [2.24, 2.45) is 11.8 Å². The van der Waals surface area contributed by atoms with Gasteiger partial charge < -0.3 is 0 Å². The van der Waals surface area contributed by atoms with Gasteiger partial charge in [-0.1, -0.05) is 72.3 Å². The molecule has 3 aliphatic carbocycles. The zero-order valence-electron chi connectivity index (χ0n) is 16.0. The number of rotatable bonds is 3. The molecular formula is C25H18ClNO3. The fraction of sp³-hybridized carbons (Fsp3) is 0.200. The van der Waals surface area contributed by atoms with Crippen molar-refractivity contribution in [2.45, 2.75) is 18.4 Å². The van der Waals surface area contributed by atoms with Crippen molar-refractivity contribution in [3.63, 3.8) is 0 Å². The standard InChI is InChI=1S/C25H18ClNO3/c26-15-11-9-14(10-12-15)13-30-27-24(28)22-20-16-5-1-2-6-17(16)21(23(22)25(27)29)19-8-4-3-7-18(19)20/h1-12,20-23H,13H2/t20?,21?,22-,23-/m0/s1. The van der Waals surface area contributed by atoms with E-state index in [1.165, 1.54) is 0 Å². The molecule has 30 heavy (non-hydrogen) atoms. The Hall–Kier alpha value is -2.95. The largest absolute Gasteiger partial charge is 0.272 e. The Morgan fingerprint density at radius 2 is 1.13 bits per heavy atom. The topological polar surface area (TPSA) is 46.6 Å². The van der Waals surface area contributed by atoms with Gasteiger partial charge >= 0.3 is 0 Å². The Kier molecular flexibility index (Phi) is 3.89. The number of amides is 2. The van der Waals surface area contributed by atoms with Gasteiger partial charge in [-0.3, -0.25) is 14.4 Å². The van der Waals surface area contributed by atoms with Crippen molar-refractivity contribution in [3.8, 4) is 0 Å². The lowest BCUT2D eigenvalue weighted by Gasteiger charge is -2.45. The zero-order chi connectivity index (χ0) is 20.4. The lowest BCUT2D eigenvalue weighted by atomic mass is 9.55. The number of nitrogens with zero attached hydrogens (tertiary/aromatic N) is 1. The minimum Gasteiger partial charge on any atom is -0.272 e. The van der Waals surface area contributed by atoms with Crippen LogP contribution >= 0.6 is 11.6 Å². The van der Waals surface area contributed by atoms with Crippen LogP contribution in [-0.4, -0.2) is 16.9 Å². The molecule has 0 spiro atoms. The predicted octanol–water partition coefficient (Wildman–Crippen LogP) is 4.66. The minimum atomic E-state index is -0.419. The molecule has 5 heteroatoms. The Morgan fingerprint density at radius 1 is 0.700 bits per heavy atom. The Labute approximate surface area is 179 Å². The second-order valence-corrected chi connectivity index (χ2v) is 8.57. The molecule has 3 aromatic carbocycles. The van der Waals surface area contributed by atoms with E-state index in [0.717, 1.165) is 32.9 Å². The number of hydrogen-bond donors (Lipinski definition) is 0. The van der Waals surface area contributed by atoms with Crippen LogP contribution in [0.2, 0.25) is 5.02 Å². The quantitative estimate of drug-likeness (QED) is 0.584. The van der Waals surface area contributed by atoms with Gasteiger partial charge in [-0.25, -0.2) is 0 Å². The molecule has 0 unspecified atom stereocenters. The molecule has 2 amide bonds. The highest BCUT2D eigenvalue weighted by Crippen LogP contribution is 2.60. The van der Waals surface area contributed by atoms with Crippen molar-refractivity contribution in [2.75, 3.05) is 0 Å². The van der Waals surface area contributed by atoms with Crippen LogP contribution < -0.4 is 0 Å². The summed E-state index contributed by atoms with van der Waals surface area (Å²) in [4.78, 5) is 32.5. The summed E-state index contributed by atoms with van der Waals surface area (Å²) in [5.74, 6) is -1.55. The first-order chi connectivity index (χ1) is 14.6. The molecule has 0 radical (unpaired) electrons. The lowest BCUT2D eigenvalue weighted by Crippen LogP contribution is -2.41.